The van der Waals surface area contributed by atoms with Crippen molar-refractivity contribution in [2.75, 3.05) is 0 Å². The molecule has 0 spiro atoms. The summed E-state index contributed by atoms with van der Waals surface area (Å²) in [4.78, 5) is 11.8. The Labute approximate surface area is 139 Å². The molecule has 0 bridgehead atoms. The highest BCUT2D eigenvalue weighted by atomic mass is 19.1. The quantitative estimate of drug-likeness (QED) is 0.937. The molecule has 1 N–H and O–H groups in total. The maximum absolute atomic E-state index is 13.1. The van der Waals surface area contributed by atoms with Crippen molar-refractivity contribution >= 4 is 11.8 Å². The van der Waals surface area contributed by atoms with Gasteiger partial charge in [-0.25, -0.2) is 4.39 Å². The van der Waals surface area contributed by atoms with Gasteiger partial charge in [-0.15, -0.1) is 5.10 Å². The maximum atomic E-state index is 13.1. The molecule has 2 heterocycles. The Balaban J connectivity index is 1.74. The van der Waals surface area contributed by atoms with Gasteiger partial charge in [-0.3, -0.25) is 9.89 Å². The molecule has 24 heavy (non-hydrogen) atoms. The van der Waals surface area contributed by atoms with Crippen molar-refractivity contribution in [3.63, 3.8) is 0 Å². The van der Waals surface area contributed by atoms with E-state index in [2.05, 4.69) is 15.3 Å². The molecule has 1 aromatic carbocycles. The number of carbonyl (C=O) groups excluding carboxylic acids is 1. The van der Waals surface area contributed by atoms with Crippen molar-refractivity contribution in [2.24, 2.45) is 5.10 Å². The second-order valence-corrected chi connectivity index (χ2v) is 5.79. The first-order chi connectivity index (χ1) is 11.5. The van der Waals surface area contributed by atoms with Crippen LogP contribution in [0.15, 0.2) is 29.4 Å². The predicted molar refractivity (Wildman–Crippen MR) is 86.6 cm³/mol. The first-order valence-corrected chi connectivity index (χ1v) is 7.75. The SMILES string of the molecule is CC(=O)N1N=C(CCc2c(C)n[nH]c2C)OC1c1ccc(F)cc1. The van der Waals surface area contributed by atoms with E-state index in [9.17, 15) is 9.18 Å². The summed E-state index contributed by atoms with van der Waals surface area (Å²) < 4.78 is 18.9. The first-order valence-electron chi connectivity index (χ1n) is 7.75. The highest BCUT2D eigenvalue weighted by Crippen LogP contribution is 2.29. The number of hydrazone groups is 1. The Bertz CT molecular complexity index is 763. The highest BCUT2D eigenvalue weighted by Gasteiger charge is 2.32. The lowest BCUT2D eigenvalue weighted by Crippen LogP contribution is -2.25. The second-order valence-electron chi connectivity index (χ2n) is 5.79. The van der Waals surface area contributed by atoms with Crippen LogP contribution in [0, 0.1) is 19.7 Å². The average molecular weight is 330 g/mol. The van der Waals surface area contributed by atoms with Crippen molar-refractivity contribution in [2.45, 2.75) is 39.8 Å². The van der Waals surface area contributed by atoms with Gasteiger partial charge in [0.25, 0.3) is 0 Å². The number of halogens is 1. The number of benzene rings is 1. The number of aryl methyl sites for hydroxylation is 2. The Morgan fingerprint density at radius 1 is 1.29 bits per heavy atom. The van der Waals surface area contributed by atoms with Crippen molar-refractivity contribution in [3.8, 4) is 0 Å². The topological polar surface area (TPSA) is 70.6 Å². The monoisotopic (exact) mass is 330 g/mol. The molecule has 0 saturated heterocycles. The van der Waals surface area contributed by atoms with Gasteiger partial charge in [-0.05, 0) is 38.0 Å². The summed E-state index contributed by atoms with van der Waals surface area (Å²) in [5.41, 5.74) is 3.77. The van der Waals surface area contributed by atoms with Gasteiger partial charge in [0, 0.05) is 24.6 Å². The molecule has 2 aromatic rings. The largest absolute Gasteiger partial charge is 0.449 e. The van der Waals surface area contributed by atoms with E-state index in [1.165, 1.54) is 24.1 Å². The van der Waals surface area contributed by atoms with E-state index in [0.717, 1.165) is 23.4 Å². The third-order valence-electron chi connectivity index (χ3n) is 4.04. The summed E-state index contributed by atoms with van der Waals surface area (Å²) in [5, 5.41) is 12.7. The number of rotatable bonds is 4. The van der Waals surface area contributed by atoms with E-state index in [0.29, 0.717) is 17.9 Å². The van der Waals surface area contributed by atoms with E-state index in [4.69, 9.17) is 4.74 Å². The first kappa shape index (κ1) is 16.2. The number of hydrogen-bond acceptors (Lipinski definition) is 4. The number of nitrogens with one attached hydrogen (secondary N) is 1. The van der Waals surface area contributed by atoms with E-state index in [1.54, 1.807) is 12.1 Å². The number of ether oxygens (including phenoxy) is 1. The van der Waals surface area contributed by atoms with Gasteiger partial charge in [0.1, 0.15) is 5.82 Å². The Morgan fingerprint density at radius 3 is 2.58 bits per heavy atom. The minimum absolute atomic E-state index is 0.227. The summed E-state index contributed by atoms with van der Waals surface area (Å²) in [6, 6.07) is 5.87. The van der Waals surface area contributed by atoms with Gasteiger partial charge >= 0.3 is 0 Å². The van der Waals surface area contributed by atoms with Crippen LogP contribution in [0.25, 0.3) is 0 Å². The molecule has 0 aliphatic carbocycles. The lowest BCUT2D eigenvalue weighted by molar-refractivity contribution is -0.135. The second kappa shape index (κ2) is 6.43. The third kappa shape index (κ3) is 3.15. The van der Waals surface area contributed by atoms with E-state index < -0.39 is 6.23 Å². The smallest absolute Gasteiger partial charge is 0.243 e. The van der Waals surface area contributed by atoms with Crippen LogP contribution in [0.5, 0.6) is 0 Å². The molecule has 6 nitrogen and oxygen atoms in total. The third-order valence-corrected chi connectivity index (χ3v) is 4.04. The van der Waals surface area contributed by atoms with Crippen LogP contribution >= 0.6 is 0 Å². The molecule has 7 heteroatoms. The zero-order valence-electron chi connectivity index (χ0n) is 13.8. The average Bonchev–Trinajstić information content (AvgIpc) is 3.11. The van der Waals surface area contributed by atoms with Gasteiger partial charge in [-0.2, -0.15) is 10.1 Å². The molecule has 1 atom stereocenters. The summed E-state index contributed by atoms with van der Waals surface area (Å²) in [6.45, 7) is 5.34. The van der Waals surface area contributed by atoms with Crippen LogP contribution in [-0.4, -0.2) is 27.0 Å². The number of carbonyl (C=O) groups is 1. The number of nitrogens with zero attached hydrogens (tertiary/aromatic N) is 3. The minimum atomic E-state index is -0.648. The van der Waals surface area contributed by atoms with Gasteiger partial charge in [-0.1, -0.05) is 12.1 Å². The van der Waals surface area contributed by atoms with Crippen molar-refractivity contribution in [1.29, 1.82) is 0 Å². The summed E-state index contributed by atoms with van der Waals surface area (Å²) >= 11 is 0. The predicted octanol–water partition coefficient (Wildman–Crippen LogP) is 2.99. The molecule has 1 aliphatic rings. The van der Waals surface area contributed by atoms with Gasteiger partial charge < -0.3 is 4.74 Å². The van der Waals surface area contributed by atoms with Crippen LogP contribution in [0.2, 0.25) is 0 Å². The Kier molecular flexibility index (Phi) is 4.33. The number of hydrogen-bond donors (Lipinski definition) is 1. The molecule has 0 saturated carbocycles. The fourth-order valence-electron chi connectivity index (χ4n) is 2.73. The molecule has 1 aromatic heterocycles. The summed E-state index contributed by atoms with van der Waals surface area (Å²) in [6.07, 6.45) is 0.627. The van der Waals surface area contributed by atoms with Crippen LogP contribution in [0.1, 0.15) is 42.1 Å². The molecule has 0 fully saturated rings. The highest BCUT2D eigenvalue weighted by molar-refractivity contribution is 5.82. The summed E-state index contributed by atoms with van der Waals surface area (Å²) in [5.74, 6) is -0.0762. The number of aromatic nitrogens is 2. The zero-order valence-corrected chi connectivity index (χ0v) is 13.8. The van der Waals surface area contributed by atoms with Gasteiger partial charge in [0.15, 0.2) is 0 Å². The molecule has 126 valence electrons. The minimum Gasteiger partial charge on any atom is -0.449 e. The fraction of sp³-hybridized carbons (Fsp3) is 0.353. The van der Waals surface area contributed by atoms with Crippen LogP contribution in [-0.2, 0) is 16.0 Å². The fourth-order valence-corrected chi connectivity index (χ4v) is 2.73. The molecular weight excluding hydrogens is 311 g/mol. The number of aromatic amines is 1. The Hall–Kier alpha value is -2.70. The number of H-pyrrole nitrogens is 1. The van der Waals surface area contributed by atoms with E-state index >= 15 is 0 Å². The van der Waals surface area contributed by atoms with Gasteiger partial charge in [0.2, 0.25) is 18.0 Å². The summed E-state index contributed by atoms with van der Waals surface area (Å²) in [7, 11) is 0. The van der Waals surface area contributed by atoms with E-state index in [-0.39, 0.29) is 11.7 Å². The van der Waals surface area contributed by atoms with Crippen LogP contribution in [0.4, 0.5) is 4.39 Å². The molecule has 0 radical (unpaired) electrons. The number of amides is 1. The van der Waals surface area contributed by atoms with Crippen molar-refractivity contribution in [3.05, 3.63) is 52.6 Å². The maximum Gasteiger partial charge on any atom is 0.243 e. The van der Waals surface area contributed by atoms with Crippen LogP contribution < -0.4 is 0 Å². The zero-order chi connectivity index (χ0) is 17.3. The molecule has 1 unspecified atom stereocenters. The lowest BCUT2D eigenvalue weighted by atomic mass is 10.1. The lowest BCUT2D eigenvalue weighted by Gasteiger charge is -2.19. The van der Waals surface area contributed by atoms with Crippen molar-refractivity contribution in [1.82, 2.24) is 15.2 Å². The molecule has 1 amide bonds. The normalized spacial score (nSPS) is 16.9. The molecule has 1 aliphatic heterocycles. The standard InChI is InChI=1S/C17H19FN4O2/c1-10-15(11(2)20-19-10)8-9-16-21-22(12(3)23)17(24-16)13-4-6-14(18)7-5-13/h4-7,17H,8-9H2,1-3H3,(H,19,20). The van der Waals surface area contributed by atoms with Crippen LogP contribution in [0.3, 0.4) is 0 Å². The Morgan fingerprint density at radius 2 is 2.00 bits per heavy atom. The molecule has 3 rings (SSSR count). The molecular formula is C17H19FN4O2. The van der Waals surface area contributed by atoms with Crippen molar-refractivity contribution < 1.29 is 13.9 Å². The van der Waals surface area contributed by atoms with E-state index in [1.807, 2.05) is 13.8 Å². The van der Waals surface area contributed by atoms with Gasteiger partial charge in [0.05, 0.1) is 5.69 Å².